The lowest BCUT2D eigenvalue weighted by Gasteiger charge is -2.13. The van der Waals surface area contributed by atoms with Crippen molar-refractivity contribution in [3.05, 3.63) is 65.5 Å². The van der Waals surface area contributed by atoms with E-state index in [9.17, 15) is 14.0 Å². The minimum absolute atomic E-state index is 0.344. The van der Waals surface area contributed by atoms with Crippen LogP contribution in [0, 0.1) is 5.82 Å². The van der Waals surface area contributed by atoms with Crippen LogP contribution in [0.4, 0.5) is 10.1 Å². The number of esters is 1. The van der Waals surface area contributed by atoms with Gasteiger partial charge >= 0.3 is 5.97 Å². The standard InChI is InChI=1S/C18H18FNO4/c1-12(17(21)20-16-9-7-15(19)8-10-16)24-18(22)14-5-3-13(4-6-14)11-23-2/h3-10,12H,11H2,1-2H3,(H,20,21)/t12-/m1/s1. The van der Waals surface area contributed by atoms with Gasteiger partial charge in [0, 0.05) is 12.8 Å². The molecular formula is C18H18FNO4. The average Bonchev–Trinajstić information content (AvgIpc) is 2.57. The molecule has 5 nitrogen and oxygen atoms in total. The largest absolute Gasteiger partial charge is 0.449 e. The summed E-state index contributed by atoms with van der Waals surface area (Å²) in [6.07, 6.45) is -0.985. The second kappa shape index (κ2) is 8.21. The van der Waals surface area contributed by atoms with Gasteiger partial charge in [0.15, 0.2) is 6.10 Å². The molecule has 2 aromatic rings. The number of hydrogen-bond acceptors (Lipinski definition) is 4. The Balaban J connectivity index is 1.92. The van der Waals surface area contributed by atoms with Crippen LogP contribution in [0.1, 0.15) is 22.8 Å². The van der Waals surface area contributed by atoms with Gasteiger partial charge in [0.25, 0.3) is 5.91 Å². The highest BCUT2D eigenvalue weighted by Gasteiger charge is 2.19. The zero-order valence-electron chi connectivity index (χ0n) is 13.4. The van der Waals surface area contributed by atoms with Crippen LogP contribution in [0.25, 0.3) is 0 Å². The molecule has 6 heteroatoms. The van der Waals surface area contributed by atoms with Crippen LogP contribution in [-0.2, 0) is 20.9 Å². The summed E-state index contributed by atoms with van der Waals surface area (Å²) in [4.78, 5) is 24.0. The molecule has 0 heterocycles. The van der Waals surface area contributed by atoms with Crippen molar-refractivity contribution in [1.82, 2.24) is 0 Å². The molecule has 2 aromatic carbocycles. The number of rotatable bonds is 6. The molecule has 0 aliphatic rings. The summed E-state index contributed by atoms with van der Waals surface area (Å²) in [5, 5.41) is 2.55. The van der Waals surface area contributed by atoms with Crippen LogP contribution in [0.5, 0.6) is 0 Å². The molecule has 1 atom stereocenters. The Morgan fingerprint density at radius 1 is 1.08 bits per heavy atom. The Morgan fingerprint density at radius 2 is 1.71 bits per heavy atom. The molecule has 0 aromatic heterocycles. The van der Waals surface area contributed by atoms with Gasteiger partial charge in [0.1, 0.15) is 5.82 Å². The summed E-state index contributed by atoms with van der Waals surface area (Å²) in [6.45, 7) is 1.92. The maximum absolute atomic E-state index is 12.8. The molecule has 1 amide bonds. The van der Waals surface area contributed by atoms with Crippen molar-refractivity contribution in [3.8, 4) is 0 Å². The number of carbonyl (C=O) groups excluding carboxylic acids is 2. The van der Waals surface area contributed by atoms with Gasteiger partial charge in [-0.3, -0.25) is 4.79 Å². The number of benzene rings is 2. The number of hydrogen-bond donors (Lipinski definition) is 1. The highest BCUT2D eigenvalue weighted by atomic mass is 19.1. The van der Waals surface area contributed by atoms with Gasteiger partial charge in [0.05, 0.1) is 12.2 Å². The van der Waals surface area contributed by atoms with Gasteiger partial charge in [-0.2, -0.15) is 0 Å². The number of anilines is 1. The number of carbonyl (C=O) groups is 2. The lowest BCUT2D eigenvalue weighted by molar-refractivity contribution is -0.123. The molecule has 0 aliphatic carbocycles. The van der Waals surface area contributed by atoms with Crippen molar-refractivity contribution in [2.24, 2.45) is 0 Å². The van der Waals surface area contributed by atoms with Crippen molar-refractivity contribution in [2.75, 3.05) is 12.4 Å². The molecule has 1 N–H and O–H groups in total. The van der Waals surface area contributed by atoms with Crippen LogP contribution in [0.3, 0.4) is 0 Å². The summed E-state index contributed by atoms with van der Waals surface area (Å²) in [5.41, 5.74) is 1.70. The van der Waals surface area contributed by atoms with E-state index in [4.69, 9.17) is 9.47 Å². The predicted octanol–water partition coefficient (Wildman–Crippen LogP) is 3.16. The van der Waals surface area contributed by atoms with Crippen LogP contribution in [0.2, 0.25) is 0 Å². The van der Waals surface area contributed by atoms with Gasteiger partial charge in [0.2, 0.25) is 0 Å². The smallest absolute Gasteiger partial charge is 0.338 e. The second-order valence-electron chi connectivity index (χ2n) is 5.17. The molecule has 0 radical (unpaired) electrons. The first-order valence-electron chi connectivity index (χ1n) is 7.35. The molecule has 0 fully saturated rings. The Morgan fingerprint density at radius 3 is 2.29 bits per heavy atom. The van der Waals surface area contributed by atoms with E-state index in [-0.39, 0.29) is 0 Å². The quantitative estimate of drug-likeness (QED) is 0.826. The Hall–Kier alpha value is -2.73. The van der Waals surface area contributed by atoms with E-state index in [0.29, 0.717) is 17.9 Å². The van der Waals surface area contributed by atoms with E-state index in [2.05, 4.69) is 5.32 Å². The van der Waals surface area contributed by atoms with E-state index in [1.54, 1.807) is 31.4 Å². The summed E-state index contributed by atoms with van der Waals surface area (Å²) >= 11 is 0. The number of amides is 1. The maximum atomic E-state index is 12.8. The fraction of sp³-hybridized carbons (Fsp3) is 0.222. The molecular weight excluding hydrogens is 313 g/mol. The topological polar surface area (TPSA) is 64.6 Å². The normalized spacial score (nSPS) is 11.6. The Kier molecular flexibility index (Phi) is 6.03. The minimum atomic E-state index is -0.985. The summed E-state index contributed by atoms with van der Waals surface area (Å²) in [5.74, 6) is -1.49. The van der Waals surface area contributed by atoms with Crippen LogP contribution < -0.4 is 5.32 Å². The minimum Gasteiger partial charge on any atom is -0.449 e. The van der Waals surface area contributed by atoms with E-state index in [0.717, 1.165) is 5.56 Å². The molecule has 0 spiro atoms. The van der Waals surface area contributed by atoms with E-state index in [1.807, 2.05) is 0 Å². The molecule has 0 unspecified atom stereocenters. The molecule has 0 bridgehead atoms. The molecule has 126 valence electrons. The number of methoxy groups -OCH3 is 1. The van der Waals surface area contributed by atoms with Crippen LogP contribution >= 0.6 is 0 Å². The first kappa shape index (κ1) is 17.6. The third kappa shape index (κ3) is 4.89. The average molecular weight is 331 g/mol. The first-order chi connectivity index (χ1) is 11.5. The highest BCUT2D eigenvalue weighted by molar-refractivity contribution is 5.97. The molecule has 0 saturated heterocycles. The van der Waals surface area contributed by atoms with Crippen molar-refractivity contribution in [3.63, 3.8) is 0 Å². The first-order valence-corrected chi connectivity index (χ1v) is 7.35. The van der Waals surface area contributed by atoms with E-state index < -0.39 is 23.8 Å². The van der Waals surface area contributed by atoms with E-state index >= 15 is 0 Å². The monoisotopic (exact) mass is 331 g/mol. The van der Waals surface area contributed by atoms with Gasteiger partial charge in [-0.15, -0.1) is 0 Å². The van der Waals surface area contributed by atoms with Crippen molar-refractivity contribution >= 4 is 17.6 Å². The fourth-order valence-electron chi connectivity index (χ4n) is 1.96. The van der Waals surface area contributed by atoms with Gasteiger partial charge in [-0.25, -0.2) is 9.18 Å². The van der Waals surface area contributed by atoms with Gasteiger partial charge in [-0.05, 0) is 48.9 Å². The number of halogens is 1. The summed E-state index contributed by atoms with van der Waals surface area (Å²) in [7, 11) is 1.59. The van der Waals surface area contributed by atoms with Crippen molar-refractivity contribution in [1.29, 1.82) is 0 Å². The Labute approximate surface area is 139 Å². The van der Waals surface area contributed by atoms with E-state index in [1.165, 1.54) is 31.2 Å². The lowest BCUT2D eigenvalue weighted by atomic mass is 10.1. The van der Waals surface area contributed by atoms with Crippen LogP contribution in [-0.4, -0.2) is 25.1 Å². The molecule has 24 heavy (non-hydrogen) atoms. The number of nitrogens with one attached hydrogen (secondary N) is 1. The zero-order valence-corrected chi connectivity index (χ0v) is 13.4. The van der Waals surface area contributed by atoms with Gasteiger partial charge in [-0.1, -0.05) is 12.1 Å². The second-order valence-corrected chi connectivity index (χ2v) is 5.17. The fourth-order valence-corrected chi connectivity index (χ4v) is 1.96. The summed E-state index contributed by atoms with van der Waals surface area (Å²) in [6, 6.07) is 12.0. The van der Waals surface area contributed by atoms with Gasteiger partial charge < -0.3 is 14.8 Å². The summed E-state index contributed by atoms with van der Waals surface area (Å²) < 4.78 is 23.0. The number of ether oxygens (including phenoxy) is 2. The van der Waals surface area contributed by atoms with Crippen molar-refractivity contribution < 1.29 is 23.5 Å². The highest BCUT2D eigenvalue weighted by Crippen LogP contribution is 2.11. The molecule has 2 rings (SSSR count). The lowest BCUT2D eigenvalue weighted by Crippen LogP contribution is -2.30. The SMILES string of the molecule is COCc1ccc(C(=O)O[C@H](C)C(=O)Nc2ccc(F)cc2)cc1. The Bertz CT molecular complexity index is 698. The van der Waals surface area contributed by atoms with Crippen molar-refractivity contribution in [2.45, 2.75) is 19.6 Å². The maximum Gasteiger partial charge on any atom is 0.338 e. The molecule has 0 aliphatic heterocycles. The predicted molar refractivity (Wildman–Crippen MR) is 87.1 cm³/mol. The zero-order chi connectivity index (χ0) is 17.5. The molecule has 0 saturated carbocycles. The van der Waals surface area contributed by atoms with Crippen LogP contribution in [0.15, 0.2) is 48.5 Å². The third-order valence-electron chi connectivity index (χ3n) is 3.27. The third-order valence-corrected chi connectivity index (χ3v) is 3.27.